The predicted molar refractivity (Wildman–Crippen MR) is 139 cm³/mol. The Bertz CT molecular complexity index is 1440. The molecule has 0 bridgehead atoms. The molecule has 3 aromatic carbocycles. The summed E-state index contributed by atoms with van der Waals surface area (Å²) in [5, 5.41) is -0.0762. The van der Waals surface area contributed by atoms with Crippen LogP contribution >= 0.6 is 39.3 Å². The average Bonchev–Trinajstić information content (AvgIpc) is 3.40. The van der Waals surface area contributed by atoms with Crippen LogP contribution in [0.2, 0.25) is 5.02 Å². The molecule has 0 saturated carbocycles. The molecule has 182 valence electrons. The molecule has 10 heteroatoms. The molecule has 36 heavy (non-hydrogen) atoms. The van der Waals surface area contributed by atoms with Crippen LogP contribution in [0.1, 0.15) is 27.0 Å². The fraction of sp³-hybridized carbons (Fsp3) is 0.115. The van der Waals surface area contributed by atoms with Crippen LogP contribution in [0.15, 0.2) is 64.0 Å². The van der Waals surface area contributed by atoms with E-state index >= 15 is 0 Å². The number of carbonyl (C=O) groups excluding carboxylic acids is 3. The molecule has 0 N–H and O–H groups in total. The fourth-order valence-corrected chi connectivity index (χ4v) is 5.02. The van der Waals surface area contributed by atoms with Gasteiger partial charge < -0.3 is 14.2 Å². The molecule has 0 atom stereocenters. The van der Waals surface area contributed by atoms with E-state index in [-0.39, 0.29) is 24.0 Å². The molecule has 2 aliphatic heterocycles. The third kappa shape index (κ3) is 5.00. The lowest BCUT2D eigenvalue weighted by Crippen LogP contribution is -2.27. The summed E-state index contributed by atoms with van der Waals surface area (Å²) in [6.45, 7) is 1.99. The van der Waals surface area contributed by atoms with E-state index in [0.29, 0.717) is 33.2 Å². The summed E-state index contributed by atoms with van der Waals surface area (Å²) >= 11 is 10.5. The van der Waals surface area contributed by atoms with Crippen LogP contribution in [0.3, 0.4) is 0 Å². The first kappa shape index (κ1) is 24.4. The Balaban J connectivity index is 1.39. The Hall–Kier alpha value is -3.27. The molecule has 1 saturated heterocycles. The molecule has 3 aromatic rings. The molecule has 2 aliphatic rings. The van der Waals surface area contributed by atoms with Gasteiger partial charge in [0.25, 0.3) is 11.1 Å². The van der Waals surface area contributed by atoms with E-state index in [0.717, 1.165) is 26.7 Å². The van der Waals surface area contributed by atoms with Gasteiger partial charge in [-0.3, -0.25) is 14.5 Å². The van der Waals surface area contributed by atoms with Gasteiger partial charge in [-0.25, -0.2) is 4.79 Å². The van der Waals surface area contributed by atoms with Gasteiger partial charge in [-0.05, 0) is 66.7 Å². The summed E-state index contributed by atoms with van der Waals surface area (Å²) in [5.41, 5.74) is 2.44. The molecule has 0 aliphatic carbocycles. The van der Waals surface area contributed by atoms with Crippen molar-refractivity contribution in [1.29, 1.82) is 0 Å². The second-order valence-electron chi connectivity index (χ2n) is 8.00. The lowest BCUT2D eigenvalue weighted by Gasteiger charge is -2.14. The number of ether oxygens (including phenoxy) is 3. The SMILES string of the molecule is Cc1ccc(C(=O)Oc2ccc(Br)cc2/C=C2\SC(=O)N(Cc3cc4c(cc3Cl)OCO4)C2=O)cc1. The van der Waals surface area contributed by atoms with Crippen molar-refractivity contribution < 1.29 is 28.6 Å². The Morgan fingerprint density at radius 3 is 2.58 bits per heavy atom. The number of rotatable bonds is 5. The molecule has 1 fully saturated rings. The number of imide groups is 1. The largest absolute Gasteiger partial charge is 0.454 e. The molecular formula is C26H17BrClNO6S. The number of carbonyl (C=O) groups is 3. The number of amides is 2. The van der Waals surface area contributed by atoms with Crippen molar-refractivity contribution in [2.45, 2.75) is 13.5 Å². The number of benzene rings is 3. The minimum absolute atomic E-state index is 0.0226. The van der Waals surface area contributed by atoms with Gasteiger partial charge in [0.05, 0.1) is 17.0 Å². The highest BCUT2D eigenvalue weighted by atomic mass is 79.9. The summed E-state index contributed by atoms with van der Waals surface area (Å²) in [7, 11) is 0. The van der Waals surface area contributed by atoms with Crippen molar-refractivity contribution in [3.63, 3.8) is 0 Å². The van der Waals surface area contributed by atoms with E-state index in [2.05, 4.69) is 15.9 Å². The molecule has 2 heterocycles. The van der Waals surface area contributed by atoms with Gasteiger partial charge in [0.15, 0.2) is 11.5 Å². The number of fused-ring (bicyclic) bond motifs is 1. The quantitative estimate of drug-likeness (QED) is 0.189. The van der Waals surface area contributed by atoms with Gasteiger partial charge in [0, 0.05) is 21.1 Å². The van der Waals surface area contributed by atoms with Crippen molar-refractivity contribution in [1.82, 2.24) is 4.90 Å². The zero-order chi connectivity index (χ0) is 25.4. The summed E-state index contributed by atoms with van der Waals surface area (Å²) < 4.78 is 17.0. The van der Waals surface area contributed by atoms with Crippen LogP contribution < -0.4 is 14.2 Å². The van der Waals surface area contributed by atoms with Gasteiger partial charge >= 0.3 is 5.97 Å². The fourth-order valence-electron chi connectivity index (χ4n) is 3.60. The highest BCUT2D eigenvalue weighted by Crippen LogP contribution is 2.40. The maximum absolute atomic E-state index is 13.1. The molecule has 0 spiro atoms. The zero-order valence-corrected chi connectivity index (χ0v) is 21.9. The van der Waals surface area contributed by atoms with E-state index in [1.165, 1.54) is 6.08 Å². The van der Waals surface area contributed by atoms with E-state index in [9.17, 15) is 14.4 Å². The van der Waals surface area contributed by atoms with Crippen LogP contribution in [-0.4, -0.2) is 28.8 Å². The Morgan fingerprint density at radius 2 is 1.83 bits per heavy atom. The molecule has 7 nitrogen and oxygen atoms in total. The third-order valence-electron chi connectivity index (χ3n) is 5.49. The lowest BCUT2D eigenvalue weighted by atomic mass is 10.1. The minimum Gasteiger partial charge on any atom is -0.454 e. The van der Waals surface area contributed by atoms with Crippen LogP contribution in [0, 0.1) is 6.92 Å². The Labute approximate surface area is 224 Å². The molecule has 5 rings (SSSR count). The first-order chi connectivity index (χ1) is 17.3. The normalized spacial score (nSPS) is 15.6. The zero-order valence-electron chi connectivity index (χ0n) is 18.7. The number of hydrogen-bond donors (Lipinski definition) is 0. The summed E-state index contributed by atoms with van der Waals surface area (Å²) in [6.07, 6.45) is 1.54. The van der Waals surface area contributed by atoms with Gasteiger partial charge in [-0.1, -0.05) is 45.2 Å². The van der Waals surface area contributed by atoms with E-state index in [1.807, 2.05) is 19.1 Å². The second kappa shape index (κ2) is 10.0. The summed E-state index contributed by atoms with van der Waals surface area (Å²) in [6, 6.07) is 15.3. The number of esters is 1. The lowest BCUT2D eigenvalue weighted by molar-refractivity contribution is -0.123. The van der Waals surface area contributed by atoms with Gasteiger partial charge in [-0.2, -0.15) is 0 Å². The molecule has 2 amide bonds. The average molecular weight is 587 g/mol. The van der Waals surface area contributed by atoms with Crippen molar-refractivity contribution in [2.75, 3.05) is 6.79 Å². The summed E-state index contributed by atoms with van der Waals surface area (Å²) in [4.78, 5) is 39.8. The highest BCUT2D eigenvalue weighted by molar-refractivity contribution is 9.10. The Kier molecular flexibility index (Phi) is 6.79. The van der Waals surface area contributed by atoms with Crippen molar-refractivity contribution in [3.05, 3.63) is 91.3 Å². The number of aryl methyl sites for hydroxylation is 1. The van der Waals surface area contributed by atoms with Gasteiger partial charge in [0.2, 0.25) is 6.79 Å². The van der Waals surface area contributed by atoms with Crippen molar-refractivity contribution in [2.24, 2.45) is 0 Å². The maximum Gasteiger partial charge on any atom is 0.343 e. The minimum atomic E-state index is -0.530. The van der Waals surface area contributed by atoms with Crippen molar-refractivity contribution >= 4 is 62.5 Å². The van der Waals surface area contributed by atoms with Crippen LogP contribution in [0.4, 0.5) is 4.79 Å². The predicted octanol–water partition coefficient (Wildman–Crippen LogP) is 6.60. The number of halogens is 2. The van der Waals surface area contributed by atoms with Gasteiger partial charge in [0.1, 0.15) is 5.75 Å². The van der Waals surface area contributed by atoms with E-state index < -0.39 is 17.1 Å². The molecule has 0 aromatic heterocycles. The van der Waals surface area contributed by atoms with Crippen LogP contribution in [0.25, 0.3) is 6.08 Å². The monoisotopic (exact) mass is 585 g/mol. The number of hydrogen-bond acceptors (Lipinski definition) is 7. The second-order valence-corrected chi connectivity index (χ2v) is 10.3. The standard InChI is InChI=1S/C26H17BrClNO6S/c1-14-2-4-15(5-3-14)25(31)35-20-7-6-18(27)8-16(20)10-23-24(30)29(26(32)36-23)12-17-9-21-22(11-19(17)28)34-13-33-21/h2-11H,12-13H2,1H3/b23-10-. The van der Waals surface area contributed by atoms with Gasteiger partial charge in [-0.15, -0.1) is 0 Å². The number of thioether (sulfide) groups is 1. The molecular weight excluding hydrogens is 570 g/mol. The third-order valence-corrected chi connectivity index (χ3v) is 7.24. The first-order valence-electron chi connectivity index (χ1n) is 10.7. The van der Waals surface area contributed by atoms with Crippen molar-refractivity contribution in [3.8, 4) is 17.2 Å². The topological polar surface area (TPSA) is 82.1 Å². The highest BCUT2D eigenvalue weighted by Gasteiger charge is 2.36. The van der Waals surface area contributed by atoms with E-state index in [4.69, 9.17) is 25.8 Å². The molecule has 0 unspecified atom stereocenters. The van der Waals surface area contributed by atoms with Crippen LogP contribution in [0.5, 0.6) is 17.2 Å². The molecule has 0 radical (unpaired) electrons. The Morgan fingerprint density at radius 1 is 1.11 bits per heavy atom. The number of nitrogens with zero attached hydrogens (tertiary/aromatic N) is 1. The smallest absolute Gasteiger partial charge is 0.343 e. The van der Waals surface area contributed by atoms with E-state index in [1.54, 1.807) is 42.5 Å². The maximum atomic E-state index is 13.1. The van der Waals surface area contributed by atoms with Crippen LogP contribution in [-0.2, 0) is 11.3 Å². The summed E-state index contributed by atoms with van der Waals surface area (Å²) in [5.74, 6) is 0.271. The first-order valence-corrected chi connectivity index (χ1v) is 12.7.